The fraction of sp³-hybridized carbons (Fsp3) is 0.571. The molecule has 0 spiro atoms. The van der Waals surface area contributed by atoms with Crippen molar-refractivity contribution in [2.75, 3.05) is 26.4 Å². The maximum atomic E-state index is 10.5. The third kappa shape index (κ3) is 8.64. The number of phenolic OH excluding ortho intramolecular Hbond substituents is 2. The molecule has 2 rings (SSSR count). The van der Waals surface area contributed by atoms with Gasteiger partial charge in [0.1, 0.15) is 0 Å². The first-order chi connectivity index (χ1) is 17.1. The standard InChI is InChI=1S/C28H42O7/c1-5-9-17-31-25-21(29)13-15-23(27(25)33-19-11-7-3)35-24-16-14-22(30)26(32-18-10-6-2)28(24)34-20-12-8-4/h13-16,29-30H,5-12,17-20H2,1-4H3. The summed E-state index contributed by atoms with van der Waals surface area (Å²) in [5.74, 6) is 1.97. The van der Waals surface area contributed by atoms with Crippen molar-refractivity contribution in [1.82, 2.24) is 0 Å². The van der Waals surface area contributed by atoms with Crippen LogP contribution in [-0.4, -0.2) is 36.6 Å². The van der Waals surface area contributed by atoms with Crippen molar-refractivity contribution in [3.8, 4) is 46.0 Å². The van der Waals surface area contributed by atoms with Gasteiger partial charge in [0.2, 0.25) is 23.0 Å². The summed E-state index contributed by atoms with van der Waals surface area (Å²) in [5.41, 5.74) is 0. The van der Waals surface area contributed by atoms with Gasteiger partial charge in [0.15, 0.2) is 23.0 Å². The Morgan fingerprint density at radius 2 is 0.800 bits per heavy atom. The van der Waals surface area contributed by atoms with Gasteiger partial charge >= 0.3 is 0 Å². The van der Waals surface area contributed by atoms with Gasteiger partial charge in [-0.15, -0.1) is 0 Å². The Balaban J connectivity index is 2.46. The molecule has 0 atom stereocenters. The van der Waals surface area contributed by atoms with Gasteiger partial charge in [-0.2, -0.15) is 0 Å². The molecule has 7 heteroatoms. The zero-order chi connectivity index (χ0) is 25.5. The number of hydrogen-bond acceptors (Lipinski definition) is 7. The van der Waals surface area contributed by atoms with E-state index >= 15 is 0 Å². The van der Waals surface area contributed by atoms with Gasteiger partial charge in [-0.3, -0.25) is 0 Å². The van der Waals surface area contributed by atoms with E-state index in [1.54, 1.807) is 12.1 Å². The Bertz CT molecular complexity index is 811. The van der Waals surface area contributed by atoms with Crippen molar-refractivity contribution >= 4 is 0 Å². The van der Waals surface area contributed by atoms with Crippen LogP contribution in [0.4, 0.5) is 0 Å². The molecule has 0 aliphatic carbocycles. The minimum atomic E-state index is -0.00587. The van der Waals surface area contributed by atoms with E-state index in [9.17, 15) is 10.2 Å². The van der Waals surface area contributed by atoms with Crippen LogP contribution in [0.1, 0.15) is 79.1 Å². The lowest BCUT2D eigenvalue weighted by Crippen LogP contribution is -2.06. The van der Waals surface area contributed by atoms with Gasteiger partial charge in [-0.05, 0) is 49.9 Å². The summed E-state index contributed by atoms with van der Waals surface area (Å²) in [6.45, 7) is 10.1. The average Bonchev–Trinajstić information content (AvgIpc) is 2.85. The van der Waals surface area contributed by atoms with Crippen molar-refractivity contribution in [3.05, 3.63) is 24.3 Å². The van der Waals surface area contributed by atoms with Crippen LogP contribution in [0.25, 0.3) is 0 Å². The molecule has 0 saturated heterocycles. The Hall–Kier alpha value is -2.96. The number of unbranched alkanes of at least 4 members (excludes halogenated alkanes) is 4. The van der Waals surface area contributed by atoms with Crippen molar-refractivity contribution in [1.29, 1.82) is 0 Å². The van der Waals surface area contributed by atoms with Crippen molar-refractivity contribution < 1.29 is 33.9 Å². The zero-order valence-corrected chi connectivity index (χ0v) is 21.7. The van der Waals surface area contributed by atoms with Gasteiger partial charge in [0.25, 0.3) is 0 Å². The molecule has 0 amide bonds. The first-order valence-corrected chi connectivity index (χ1v) is 13.0. The Morgan fingerprint density at radius 3 is 1.11 bits per heavy atom. The van der Waals surface area contributed by atoms with E-state index in [2.05, 4.69) is 27.7 Å². The van der Waals surface area contributed by atoms with E-state index in [-0.39, 0.29) is 23.0 Å². The molecular formula is C28H42O7. The quantitative estimate of drug-likeness (QED) is 0.208. The summed E-state index contributed by atoms with van der Waals surface area (Å²) < 4.78 is 30.1. The van der Waals surface area contributed by atoms with E-state index in [4.69, 9.17) is 23.7 Å². The molecule has 0 bridgehead atoms. The Kier molecular flexibility index (Phi) is 12.8. The van der Waals surface area contributed by atoms with Crippen molar-refractivity contribution in [3.63, 3.8) is 0 Å². The van der Waals surface area contributed by atoms with Crippen LogP contribution in [0.2, 0.25) is 0 Å². The molecule has 0 aromatic heterocycles. The van der Waals surface area contributed by atoms with E-state index in [1.807, 2.05) is 0 Å². The second-order valence-electron chi connectivity index (χ2n) is 8.39. The van der Waals surface area contributed by atoms with Gasteiger partial charge < -0.3 is 33.9 Å². The summed E-state index contributed by atoms with van der Waals surface area (Å²) >= 11 is 0. The lowest BCUT2D eigenvalue weighted by atomic mass is 10.2. The third-order valence-electron chi connectivity index (χ3n) is 5.31. The van der Waals surface area contributed by atoms with Crippen LogP contribution >= 0.6 is 0 Å². The second-order valence-corrected chi connectivity index (χ2v) is 8.39. The number of aromatic hydroxyl groups is 2. The monoisotopic (exact) mass is 490 g/mol. The topological polar surface area (TPSA) is 86.6 Å². The molecule has 2 aromatic carbocycles. The molecule has 0 unspecified atom stereocenters. The number of hydrogen-bond donors (Lipinski definition) is 2. The molecule has 2 aromatic rings. The van der Waals surface area contributed by atoms with Gasteiger partial charge in [0, 0.05) is 0 Å². The molecule has 7 nitrogen and oxygen atoms in total. The summed E-state index contributed by atoms with van der Waals surface area (Å²) in [4.78, 5) is 0. The van der Waals surface area contributed by atoms with Crippen LogP contribution < -0.4 is 23.7 Å². The normalized spacial score (nSPS) is 10.7. The first-order valence-electron chi connectivity index (χ1n) is 13.0. The molecule has 2 N–H and O–H groups in total. The van der Waals surface area contributed by atoms with Gasteiger partial charge in [-0.25, -0.2) is 0 Å². The molecule has 0 radical (unpaired) electrons. The predicted octanol–water partition coefficient (Wildman–Crippen LogP) is 7.61. The number of phenols is 2. The smallest absolute Gasteiger partial charge is 0.208 e. The molecule has 196 valence electrons. The molecule has 0 aliphatic heterocycles. The van der Waals surface area contributed by atoms with Crippen LogP contribution in [-0.2, 0) is 0 Å². The molecule has 0 fully saturated rings. The molecule has 35 heavy (non-hydrogen) atoms. The fourth-order valence-corrected chi connectivity index (χ4v) is 3.17. The van der Waals surface area contributed by atoms with Crippen LogP contribution in [0.15, 0.2) is 24.3 Å². The Morgan fingerprint density at radius 1 is 0.486 bits per heavy atom. The highest BCUT2D eigenvalue weighted by Gasteiger charge is 2.23. The van der Waals surface area contributed by atoms with Crippen LogP contribution in [0, 0.1) is 0 Å². The fourth-order valence-electron chi connectivity index (χ4n) is 3.17. The lowest BCUT2D eigenvalue weighted by Gasteiger charge is -2.20. The largest absolute Gasteiger partial charge is 0.504 e. The first kappa shape index (κ1) is 28.3. The van der Waals surface area contributed by atoms with Crippen molar-refractivity contribution in [2.45, 2.75) is 79.1 Å². The van der Waals surface area contributed by atoms with Gasteiger partial charge in [-0.1, -0.05) is 53.4 Å². The highest BCUT2D eigenvalue weighted by Crippen LogP contribution is 2.50. The summed E-state index contributed by atoms with van der Waals surface area (Å²) in [7, 11) is 0. The van der Waals surface area contributed by atoms with E-state index in [1.165, 1.54) is 12.1 Å². The SMILES string of the molecule is CCCCOc1c(O)ccc(Oc2ccc(O)c(OCCCC)c2OCCCC)c1OCCCC. The second kappa shape index (κ2) is 15.8. The zero-order valence-electron chi connectivity index (χ0n) is 21.7. The summed E-state index contributed by atoms with van der Waals surface area (Å²) in [5, 5.41) is 21.0. The average molecular weight is 491 g/mol. The van der Waals surface area contributed by atoms with E-state index < -0.39 is 0 Å². The van der Waals surface area contributed by atoms with Crippen LogP contribution in [0.3, 0.4) is 0 Å². The molecule has 0 heterocycles. The molecular weight excluding hydrogens is 448 g/mol. The Labute approximate surface area is 209 Å². The lowest BCUT2D eigenvalue weighted by molar-refractivity contribution is 0.236. The van der Waals surface area contributed by atoms with Crippen molar-refractivity contribution in [2.24, 2.45) is 0 Å². The van der Waals surface area contributed by atoms with Crippen LogP contribution in [0.5, 0.6) is 46.0 Å². The summed E-state index contributed by atoms with van der Waals surface area (Å²) in [6.07, 6.45) is 7.27. The number of ether oxygens (including phenoxy) is 5. The highest BCUT2D eigenvalue weighted by molar-refractivity contribution is 5.63. The molecule has 0 aliphatic rings. The third-order valence-corrected chi connectivity index (χ3v) is 5.31. The maximum absolute atomic E-state index is 10.5. The minimum Gasteiger partial charge on any atom is -0.504 e. The minimum absolute atomic E-state index is 0.00587. The van der Waals surface area contributed by atoms with E-state index in [0.29, 0.717) is 49.4 Å². The van der Waals surface area contributed by atoms with Gasteiger partial charge in [0.05, 0.1) is 26.4 Å². The predicted molar refractivity (Wildman–Crippen MR) is 138 cm³/mol. The number of benzene rings is 2. The highest BCUT2D eigenvalue weighted by atomic mass is 16.6. The summed E-state index contributed by atoms with van der Waals surface area (Å²) in [6, 6.07) is 6.34. The number of rotatable bonds is 18. The van der Waals surface area contributed by atoms with E-state index in [0.717, 1.165) is 51.4 Å². The molecule has 0 saturated carbocycles. The maximum Gasteiger partial charge on any atom is 0.208 e.